The molecule has 4 heteroatoms. The smallest absolute Gasteiger partial charge is 0.330 e. The summed E-state index contributed by atoms with van der Waals surface area (Å²) in [5.41, 5.74) is 3.72. The summed E-state index contributed by atoms with van der Waals surface area (Å²) in [5.74, 6) is 0.202. The van der Waals surface area contributed by atoms with Gasteiger partial charge in [0.25, 0.3) is 0 Å². The maximum atomic E-state index is 11.3. The zero-order valence-electron chi connectivity index (χ0n) is 15.4. The Hall–Kier alpha value is -3.01. The Morgan fingerprint density at radius 1 is 1.15 bits per heavy atom. The van der Waals surface area contributed by atoms with E-state index in [1.165, 1.54) is 24.8 Å². The molecule has 0 heterocycles. The Morgan fingerprint density at radius 2 is 1.88 bits per heavy atom. The third-order valence-electron chi connectivity index (χ3n) is 3.78. The Kier molecular flexibility index (Phi) is 7.03. The minimum absolute atomic E-state index is 0.0502. The number of phenols is 1. The Morgan fingerprint density at radius 3 is 2.54 bits per heavy atom. The highest BCUT2D eigenvalue weighted by atomic mass is 16.5. The van der Waals surface area contributed by atoms with E-state index in [9.17, 15) is 9.90 Å². The van der Waals surface area contributed by atoms with Gasteiger partial charge in [-0.3, -0.25) is 0 Å². The second-order valence-corrected chi connectivity index (χ2v) is 6.14. The lowest BCUT2D eigenvalue weighted by atomic mass is 10.0. The average Bonchev–Trinajstić information content (AvgIpc) is 2.64. The van der Waals surface area contributed by atoms with Gasteiger partial charge in [0, 0.05) is 17.7 Å². The van der Waals surface area contributed by atoms with Gasteiger partial charge in [-0.2, -0.15) is 0 Å². The predicted octanol–water partition coefficient (Wildman–Crippen LogP) is 4.67. The monoisotopic (exact) mass is 352 g/mol. The molecule has 0 aliphatic rings. The molecular formula is C22H24O4. The van der Waals surface area contributed by atoms with Crippen molar-refractivity contribution in [2.24, 2.45) is 0 Å². The van der Waals surface area contributed by atoms with Crippen LogP contribution in [0.4, 0.5) is 0 Å². The molecule has 0 atom stereocenters. The maximum absolute atomic E-state index is 11.3. The molecule has 0 aromatic heterocycles. The predicted molar refractivity (Wildman–Crippen MR) is 103 cm³/mol. The Labute approximate surface area is 154 Å². The van der Waals surface area contributed by atoms with Crippen LogP contribution in [0.25, 0.3) is 6.08 Å². The Bertz CT molecular complexity index is 800. The van der Waals surface area contributed by atoms with Gasteiger partial charge in [-0.05, 0) is 43.5 Å². The van der Waals surface area contributed by atoms with E-state index in [1.807, 2.05) is 50.2 Å². The summed E-state index contributed by atoms with van der Waals surface area (Å²) in [4.78, 5) is 11.3. The van der Waals surface area contributed by atoms with Crippen LogP contribution in [0.5, 0.6) is 11.5 Å². The number of allylic oxidation sites excluding steroid dienone is 2. The number of esters is 1. The SMILES string of the molecule is COC(=O)/C=C/c1cc(CC=C(C)C)c(OCc2ccccc2)cc1O. The molecule has 0 unspecified atom stereocenters. The fourth-order valence-electron chi connectivity index (χ4n) is 2.34. The summed E-state index contributed by atoms with van der Waals surface area (Å²) in [6, 6.07) is 13.3. The molecule has 0 amide bonds. The van der Waals surface area contributed by atoms with E-state index in [1.54, 1.807) is 6.07 Å². The van der Waals surface area contributed by atoms with Gasteiger partial charge in [-0.15, -0.1) is 0 Å². The van der Waals surface area contributed by atoms with E-state index >= 15 is 0 Å². The highest BCUT2D eigenvalue weighted by molar-refractivity contribution is 5.87. The number of hydrogen-bond donors (Lipinski definition) is 1. The molecule has 0 spiro atoms. The molecule has 4 nitrogen and oxygen atoms in total. The first-order valence-corrected chi connectivity index (χ1v) is 8.41. The summed E-state index contributed by atoms with van der Waals surface area (Å²) >= 11 is 0. The Balaban J connectivity index is 2.29. The normalized spacial score (nSPS) is 10.6. The van der Waals surface area contributed by atoms with Gasteiger partial charge in [0.1, 0.15) is 18.1 Å². The third kappa shape index (κ3) is 5.81. The fraction of sp³-hybridized carbons (Fsp3) is 0.227. The number of hydrogen-bond acceptors (Lipinski definition) is 4. The number of carbonyl (C=O) groups excluding carboxylic acids is 1. The molecule has 1 N–H and O–H groups in total. The summed E-state index contributed by atoms with van der Waals surface area (Å²) < 4.78 is 10.5. The van der Waals surface area contributed by atoms with Gasteiger partial charge < -0.3 is 14.6 Å². The maximum Gasteiger partial charge on any atom is 0.330 e. The number of ether oxygens (including phenoxy) is 2. The summed E-state index contributed by atoms with van der Waals surface area (Å²) in [7, 11) is 1.31. The first kappa shape index (κ1) is 19.3. The van der Waals surface area contributed by atoms with Gasteiger partial charge in [0.2, 0.25) is 0 Å². The van der Waals surface area contributed by atoms with Crippen LogP contribution in [-0.4, -0.2) is 18.2 Å². The lowest BCUT2D eigenvalue weighted by molar-refractivity contribution is -0.134. The number of rotatable bonds is 7. The summed E-state index contributed by atoms with van der Waals surface area (Å²) in [5, 5.41) is 10.3. The molecule has 2 aromatic rings. The van der Waals surface area contributed by atoms with Crippen molar-refractivity contribution in [3.05, 3.63) is 76.9 Å². The molecule has 0 saturated carbocycles. The quantitative estimate of drug-likeness (QED) is 0.447. The fourth-order valence-corrected chi connectivity index (χ4v) is 2.34. The minimum atomic E-state index is -0.473. The molecule has 0 aliphatic carbocycles. The lowest BCUT2D eigenvalue weighted by Crippen LogP contribution is -1.99. The summed E-state index contributed by atoms with van der Waals surface area (Å²) in [6.45, 7) is 4.48. The van der Waals surface area contributed by atoms with E-state index in [4.69, 9.17) is 4.74 Å². The van der Waals surface area contributed by atoms with Crippen molar-refractivity contribution >= 4 is 12.0 Å². The van der Waals surface area contributed by atoms with Crippen LogP contribution >= 0.6 is 0 Å². The van der Waals surface area contributed by atoms with Gasteiger partial charge in [0.15, 0.2) is 0 Å². The van der Waals surface area contributed by atoms with Crippen molar-refractivity contribution in [1.29, 1.82) is 0 Å². The van der Waals surface area contributed by atoms with Crippen LogP contribution in [-0.2, 0) is 22.6 Å². The van der Waals surface area contributed by atoms with Crippen LogP contribution in [0.15, 0.2) is 60.2 Å². The van der Waals surface area contributed by atoms with Crippen LogP contribution in [0, 0.1) is 0 Å². The largest absolute Gasteiger partial charge is 0.507 e. The molecule has 2 rings (SSSR count). The number of carbonyl (C=O) groups is 1. The minimum Gasteiger partial charge on any atom is -0.507 e. The molecule has 0 bridgehead atoms. The van der Waals surface area contributed by atoms with Crippen molar-refractivity contribution < 1.29 is 19.4 Å². The first-order chi connectivity index (χ1) is 12.5. The van der Waals surface area contributed by atoms with E-state index in [0.717, 1.165) is 11.1 Å². The van der Waals surface area contributed by atoms with Crippen molar-refractivity contribution in [2.45, 2.75) is 26.9 Å². The van der Waals surface area contributed by atoms with Crippen LogP contribution in [0.2, 0.25) is 0 Å². The topological polar surface area (TPSA) is 55.8 Å². The van der Waals surface area contributed by atoms with Crippen molar-refractivity contribution in [3.63, 3.8) is 0 Å². The molecule has 0 aliphatic heterocycles. The number of aromatic hydroxyl groups is 1. The highest BCUT2D eigenvalue weighted by Crippen LogP contribution is 2.31. The van der Waals surface area contributed by atoms with Gasteiger partial charge in [0.05, 0.1) is 7.11 Å². The van der Waals surface area contributed by atoms with E-state index < -0.39 is 5.97 Å². The van der Waals surface area contributed by atoms with Gasteiger partial charge in [-0.1, -0.05) is 42.0 Å². The van der Waals surface area contributed by atoms with E-state index in [2.05, 4.69) is 10.8 Å². The van der Waals surface area contributed by atoms with E-state index in [-0.39, 0.29) is 5.75 Å². The second kappa shape index (κ2) is 9.47. The van der Waals surface area contributed by atoms with Crippen molar-refractivity contribution in [2.75, 3.05) is 7.11 Å². The zero-order valence-corrected chi connectivity index (χ0v) is 15.4. The molecule has 0 radical (unpaired) electrons. The van der Waals surface area contributed by atoms with Crippen molar-refractivity contribution in [1.82, 2.24) is 0 Å². The van der Waals surface area contributed by atoms with E-state index in [0.29, 0.717) is 24.3 Å². The van der Waals surface area contributed by atoms with Gasteiger partial charge in [-0.25, -0.2) is 4.79 Å². The molecule has 0 fully saturated rings. The third-order valence-corrected chi connectivity index (χ3v) is 3.78. The zero-order chi connectivity index (χ0) is 18.9. The molecule has 2 aromatic carbocycles. The lowest BCUT2D eigenvalue weighted by Gasteiger charge is -2.13. The first-order valence-electron chi connectivity index (χ1n) is 8.41. The summed E-state index contributed by atoms with van der Waals surface area (Å²) in [6.07, 6.45) is 5.58. The average molecular weight is 352 g/mol. The number of phenolic OH excluding ortho intramolecular Hbond substituents is 1. The standard InChI is InChI=1S/C22H24O4/c1-16(2)9-10-19-13-18(11-12-22(24)25-3)20(23)14-21(19)26-15-17-7-5-4-6-8-17/h4-9,11-14,23H,10,15H2,1-3H3/b12-11+. The number of methoxy groups -OCH3 is 1. The molecule has 136 valence electrons. The van der Waals surface area contributed by atoms with Crippen LogP contribution in [0.3, 0.4) is 0 Å². The number of benzene rings is 2. The molecule has 26 heavy (non-hydrogen) atoms. The molecular weight excluding hydrogens is 328 g/mol. The second-order valence-electron chi connectivity index (χ2n) is 6.14. The van der Waals surface area contributed by atoms with Crippen molar-refractivity contribution in [3.8, 4) is 11.5 Å². The van der Waals surface area contributed by atoms with Crippen LogP contribution < -0.4 is 4.74 Å². The van der Waals surface area contributed by atoms with Gasteiger partial charge >= 0.3 is 5.97 Å². The van der Waals surface area contributed by atoms with Crippen LogP contribution in [0.1, 0.15) is 30.5 Å². The highest BCUT2D eigenvalue weighted by Gasteiger charge is 2.10. The molecule has 0 saturated heterocycles.